The standard InChI is InChI=1S/C6H10O6/c7-1-2(8)4(10)6(12)5(11)3(1)9/h1-5,7-11H/t1?,2-,3+,4+,5-. The highest BCUT2D eigenvalue weighted by molar-refractivity contribution is 5.89. The molecule has 0 heterocycles. The predicted octanol–water partition coefficient (Wildman–Crippen LogP) is -3.63. The Morgan fingerprint density at radius 2 is 1.08 bits per heavy atom. The fraction of sp³-hybridized carbons (Fsp3) is 0.833. The molecule has 0 aromatic rings. The van der Waals surface area contributed by atoms with Gasteiger partial charge in [-0.15, -0.1) is 0 Å². The van der Waals surface area contributed by atoms with E-state index in [4.69, 9.17) is 25.5 Å². The third-order valence-corrected chi connectivity index (χ3v) is 1.93. The molecule has 1 rings (SSSR count). The maximum Gasteiger partial charge on any atom is 0.195 e. The van der Waals surface area contributed by atoms with Crippen LogP contribution in [0.1, 0.15) is 0 Å². The van der Waals surface area contributed by atoms with Crippen molar-refractivity contribution < 1.29 is 30.3 Å². The third kappa shape index (κ3) is 1.23. The van der Waals surface area contributed by atoms with Gasteiger partial charge in [0.25, 0.3) is 0 Å². The van der Waals surface area contributed by atoms with Gasteiger partial charge in [-0.05, 0) is 0 Å². The van der Waals surface area contributed by atoms with E-state index in [-0.39, 0.29) is 0 Å². The molecule has 70 valence electrons. The van der Waals surface area contributed by atoms with Crippen LogP contribution < -0.4 is 0 Å². The topological polar surface area (TPSA) is 118 Å². The summed E-state index contributed by atoms with van der Waals surface area (Å²) in [5.74, 6) is -1.08. The second-order valence-electron chi connectivity index (χ2n) is 2.76. The van der Waals surface area contributed by atoms with E-state index >= 15 is 0 Å². The van der Waals surface area contributed by atoms with Crippen LogP contribution in [-0.4, -0.2) is 61.8 Å². The lowest BCUT2D eigenvalue weighted by Gasteiger charge is -2.34. The van der Waals surface area contributed by atoms with E-state index in [1.54, 1.807) is 0 Å². The largest absolute Gasteiger partial charge is 0.387 e. The summed E-state index contributed by atoms with van der Waals surface area (Å²) in [5.41, 5.74) is 0. The van der Waals surface area contributed by atoms with E-state index in [1.807, 2.05) is 0 Å². The van der Waals surface area contributed by atoms with E-state index in [9.17, 15) is 4.79 Å². The van der Waals surface area contributed by atoms with Crippen LogP contribution in [0.15, 0.2) is 0 Å². The fourth-order valence-corrected chi connectivity index (χ4v) is 1.09. The lowest BCUT2D eigenvalue weighted by molar-refractivity contribution is -0.185. The summed E-state index contributed by atoms with van der Waals surface area (Å²) in [4.78, 5) is 10.8. The Hall–Kier alpha value is -0.530. The van der Waals surface area contributed by atoms with Gasteiger partial charge in [0.2, 0.25) is 0 Å². The van der Waals surface area contributed by atoms with Crippen LogP contribution in [0.25, 0.3) is 0 Å². The molecule has 5 atom stereocenters. The molecule has 0 aromatic heterocycles. The molecule has 6 heteroatoms. The zero-order chi connectivity index (χ0) is 9.46. The molecule has 0 amide bonds. The third-order valence-electron chi connectivity index (χ3n) is 1.93. The number of aliphatic hydroxyl groups is 5. The van der Waals surface area contributed by atoms with Gasteiger partial charge in [0.15, 0.2) is 5.78 Å². The molecule has 5 N–H and O–H groups in total. The average molecular weight is 178 g/mol. The van der Waals surface area contributed by atoms with E-state index in [1.165, 1.54) is 0 Å². The molecule has 0 radical (unpaired) electrons. The molecule has 6 nitrogen and oxygen atoms in total. The Kier molecular flexibility index (Phi) is 2.45. The minimum absolute atomic E-state index is 1.08. The van der Waals surface area contributed by atoms with E-state index in [2.05, 4.69) is 0 Å². The Bertz CT molecular complexity index is 174. The van der Waals surface area contributed by atoms with Gasteiger partial charge in [-0.2, -0.15) is 0 Å². The molecule has 0 bridgehead atoms. The molecule has 1 aliphatic carbocycles. The SMILES string of the molecule is O=C1[C@@H](O)[C@H](O)C(O)[C@H](O)[C@H]1O. The number of hydrogen-bond donors (Lipinski definition) is 5. The summed E-state index contributed by atoms with van der Waals surface area (Å²) in [5, 5.41) is 44.5. The van der Waals surface area contributed by atoms with Crippen molar-refractivity contribution in [1.29, 1.82) is 0 Å². The highest BCUT2D eigenvalue weighted by atomic mass is 16.4. The lowest BCUT2D eigenvalue weighted by atomic mass is 9.86. The summed E-state index contributed by atoms with van der Waals surface area (Å²) in [7, 11) is 0. The van der Waals surface area contributed by atoms with Crippen molar-refractivity contribution in [1.82, 2.24) is 0 Å². The number of ketones is 1. The minimum Gasteiger partial charge on any atom is -0.387 e. The molecular weight excluding hydrogens is 168 g/mol. The summed E-state index contributed by atoms with van der Waals surface area (Å²) in [6.45, 7) is 0. The zero-order valence-corrected chi connectivity index (χ0v) is 6.03. The fourth-order valence-electron chi connectivity index (χ4n) is 1.09. The van der Waals surface area contributed by atoms with Crippen LogP contribution in [0.4, 0.5) is 0 Å². The Balaban J connectivity index is 2.83. The Morgan fingerprint density at radius 3 is 1.42 bits per heavy atom. The minimum atomic E-state index is -1.83. The normalized spacial score (nSPS) is 49.4. The van der Waals surface area contributed by atoms with Gasteiger partial charge in [0.1, 0.15) is 30.5 Å². The zero-order valence-electron chi connectivity index (χ0n) is 6.03. The first-order chi connectivity index (χ1) is 5.46. The van der Waals surface area contributed by atoms with Crippen LogP contribution in [0.5, 0.6) is 0 Å². The number of hydrogen-bond acceptors (Lipinski definition) is 6. The molecule has 1 fully saturated rings. The van der Waals surface area contributed by atoms with Crippen molar-refractivity contribution in [3.8, 4) is 0 Å². The van der Waals surface area contributed by atoms with Gasteiger partial charge >= 0.3 is 0 Å². The maximum atomic E-state index is 10.8. The summed E-state index contributed by atoms with van der Waals surface area (Å²) in [6, 6.07) is 0. The number of rotatable bonds is 0. The number of Topliss-reactive ketones (excluding diaryl/α,β-unsaturated/α-hetero) is 1. The Morgan fingerprint density at radius 1 is 0.750 bits per heavy atom. The van der Waals surface area contributed by atoms with E-state index in [0.717, 1.165) is 0 Å². The molecule has 1 unspecified atom stereocenters. The maximum absolute atomic E-state index is 10.8. The van der Waals surface area contributed by atoms with Crippen LogP contribution >= 0.6 is 0 Å². The molecule has 1 aliphatic rings. The van der Waals surface area contributed by atoms with Gasteiger partial charge in [0, 0.05) is 0 Å². The van der Waals surface area contributed by atoms with Gasteiger partial charge in [0.05, 0.1) is 0 Å². The first kappa shape index (κ1) is 9.56. The van der Waals surface area contributed by atoms with E-state index < -0.39 is 36.3 Å². The van der Waals surface area contributed by atoms with Crippen molar-refractivity contribution in [2.75, 3.05) is 0 Å². The van der Waals surface area contributed by atoms with Crippen LogP contribution in [-0.2, 0) is 4.79 Å². The van der Waals surface area contributed by atoms with Crippen molar-refractivity contribution in [3.05, 3.63) is 0 Å². The van der Waals surface area contributed by atoms with Gasteiger partial charge in [-0.1, -0.05) is 0 Å². The molecule has 0 spiro atoms. The molecule has 0 aromatic carbocycles. The second kappa shape index (κ2) is 3.08. The van der Waals surface area contributed by atoms with Crippen molar-refractivity contribution in [2.24, 2.45) is 0 Å². The highest BCUT2D eigenvalue weighted by Crippen LogP contribution is 2.17. The van der Waals surface area contributed by atoms with Gasteiger partial charge in [-0.3, -0.25) is 4.79 Å². The van der Waals surface area contributed by atoms with E-state index in [0.29, 0.717) is 0 Å². The van der Waals surface area contributed by atoms with Gasteiger partial charge in [-0.25, -0.2) is 0 Å². The smallest absolute Gasteiger partial charge is 0.195 e. The molecule has 0 aliphatic heterocycles. The Labute approximate surface area is 67.7 Å². The number of carbonyl (C=O) groups excluding carboxylic acids is 1. The average Bonchev–Trinajstić information content (AvgIpc) is 2.08. The number of aliphatic hydroxyl groups excluding tert-OH is 5. The molecule has 12 heavy (non-hydrogen) atoms. The lowest BCUT2D eigenvalue weighted by Crippen LogP contribution is -2.61. The molecule has 0 saturated heterocycles. The van der Waals surface area contributed by atoms with Gasteiger partial charge < -0.3 is 25.5 Å². The van der Waals surface area contributed by atoms with Crippen molar-refractivity contribution in [2.45, 2.75) is 30.5 Å². The van der Waals surface area contributed by atoms with Crippen molar-refractivity contribution in [3.63, 3.8) is 0 Å². The summed E-state index contributed by atoms with van der Waals surface area (Å²) < 4.78 is 0. The number of carbonyl (C=O) groups is 1. The summed E-state index contributed by atoms with van der Waals surface area (Å²) in [6.07, 6.45) is -8.85. The first-order valence-corrected chi connectivity index (χ1v) is 3.41. The van der Waals surface area contributed by atoms with Crippen molar-refractivity contribution >= 4 is 5.78 Å². The first-order valence-electron chi connectivity index (χ1n) is 3.41. The quantitative estimate of drug-likeness (QED) is 0.261. The highest BCUT2D eigenvalue weighted by Gasteiger charge is 2.47. The molecular formula is C6H10O6. The second-order valence-corrected chi connectivity index (χ2v) is 2.76. The van der Waals surface area contributed by atoms with Crippen LogP contribution in [0.3, 0.4) is 0 Å². The molecule has 1 saturated carbocycles. The summed E-state index contributed by atoms with van der Waals surface area (Å²) >= 11 is 0. The van der Waals surface area contributed by atoms with Crippen LogP contribution in [0.2, 0.25) is 0 Å². The predicted molar refractivity (Wildman–Crippen MR) is 35.0 cm³/mol. The monoisotopic (exact) mass is 178 g/mol. The van der Waals surface area contributed by atoms with Crippen LogP contribution in [0, 0.1) is 0 Å².